The third-order valence-electron chi connectivity index (χ3n) is 5.43. The van der Waals surface area contributed by atoms with Crippen LogP contribution in [0.15, 0.2) is 54.6 Å². The second-order valence-electron chi connectivity index (χ2n) is 7.61. The summed E-state index contributed by atoms with van der Waals surface area (Å²) < 4.78 is 7.05. The lowest BCUT2D eigenvalue weighted by molar-refractivity contribution is -0.305. The fourth-order valence-corrected chi connectivity index (χ4v) is 3.82. The van der Waals surface area contributed by atoms with E-state index in [1.807, 2.05) is 42.5 Å². The minimum absolute atomic E-state index is 0.0200. The van der Waals surface area contributed by atoms with Gasteiger partial charge in [-0.2, -0.15) is 4.98 Å². The van der Waals surface area contributed by atoms with Gasteiger partial charge in [-0.1, -0.05) is 42.5 Å². The molecule has 0 fully saturated rings. The third kappa shape index (κ3) is 4.88. The molecule has 9 heteroatoms. The van der Waals surface area contributed by atoms with Crippen molar-refractivity contribution in [2.24, 2.45) is 0 Å². The van der Waals surface area contributed by atoms with E-state index in [1.54, 1.807) is 11.8 Å². The molecule has 0 unspecified atom stereocenters. The van der Waals surface area contributed by atoms with Crippen molar-refractivity contribution >= 4 is 23.8 Å². The summed E-state index contributed by atoms with van der Waals surface area (Å²) in [7, 11) is 1.63. The Hall–Kier alpha value is -3.88. The van der Waals surface area contributed by atoms with Gasteiger partial charge in [0.25, 0.3) is 5.95 Å². The van der Waals surface area contributed by atoms with Gasteiger partial charge in [-0.15, -0.1) is 5.10 Å². The molecule has 0 saturated heterocycles. The number of hydrogen-bond acceptors (Lipinski definition) is 7. The molecule has 166 valence electrons. The average Bonchev–Trinajstić information content (AvgIpc) is 3.21. The van der Waals surface area contributed by atoms with E-state index in [2.05, 4.69) is 32.8 Å². The second-order valence-corrected chi connectivity index (χ2v) is 7.61. The van der Waals surface area contributed by atoms with E-state index in [1.165, 1.54) is 0 Å². The molecular formula is C23H24N5O4-. The van der Waals surface area contributed by atoms with Crippen LogP contribution < -0.4 is 20.5 Å². The van der Waals surface area contributed by atoms with Crippen LogP contribution in [0.25, 0.3) is 0 Å². The van der Waals surface area contributed by atoms with Crippen LogP contribution in [0.4, 0.5) is 11.9 Å². The lowest BCUT2D eigenvalue weighted by Gasteiger charge is -2.31. The van der Waals surface area contributed by atoms with Gasteiger partial charge in [0, 0.05) is 12.4 Å². The maximum Gasteiger partial charge on any atom is 0.250 e. The predicted octanol–water partition coefficient (Wildman–Crippen LogP) is 2.29. The Kier molecular flexibility index (Phi) is 6.34. The number of carbonyl (C=O) groups is 2. The number of ether oxygens (including phenoxy) is 1. The minimum atomic E-state index is -1.17. The number of fused-ring (bicyclic) bond motifs is 1. The van der Waals surface area contributed by atoms with Crippen molar-refractivity contribution in [1.29, 1.82) is 0 Å². The highest BCUT2D eigenvalue weighted by molar-refractivity contribution is 5.89. The maximum atomic E-state index is 12.2. The molecule has 3 aromatic rings. The Labute approximate surface area is 185 Å². The third-order valence-corrected chi connectivity index (χ3v) is 5.43. The van der Waals surface area contributed by atoms with Crippen LogP contribution in [-0.2, 0) is 9.59 Å². The number of anilines is 2. The summed E-state index contributed by atoms with van der Waals surface area (Å²) in [5.74, 6) is -0.0126. The summed E-state index contributed by atoms with van der Waals surface area (Å²) in [5, 5.41) is 21.1. The van der Waals surface area contributed by atoms with E-state index in [9.17, 15) is 14.7 Å². The molecule has 2 atom stereocenters. The average molecular weight is 434 g/mol. The van der Waals surface area contributed by atoms with Crippen LogP contribution in [0.5, 0.6) is 5.75 Å². The summed E-state index contributed by atoms with van der Waals surface area (Å²) in [4.78, 5) is 27.2. The molecule has 0 spiro atoms. The first kappa shape index (κ1) is 21.4. The first-order valence-electron chi connectivity index (χ1n) is 10.4. The van der Waals surface area contributed by atoms with Crippen molar-refractivity contribution in [1.82, 2.24) is 14.8 Å². The number of nitrogens with zero attached hydrogens (tertiary/aromatic N) is 3. The number of carbonyl (C=O) groups excluding carboxylic acids is 2. The molecule has 9 nitrogen and oxygen atoms in total. The zero-order valence-corrected chi connectivity index (χ0v) is 17.7. The number of nitrogens with one attached hydrogen (secondary N) is 2. The van der Waals surface area contributed by atoms with Crippen molar-refractivity contribution in [3.8, 4) is 5.75 Å². The van der Waals surface area contributed by atoms with Crippen LogP contribution >= 0.6 is 0 Å². The van der Waals surface area contributed by atoms with E-state index in [-0.39, 0.29) is 43.2 Å². The monoisotopic (exact) mass is 434 g/mol. The molecule has 2 aromatic carbocycles. The number of amides is 1. The zero-order valence-electron chi connectivity index (χ0n) is 17.7. The van der Waals surface area contributed by atoms with Gasteiger partial charge in [-0.05, 0) is 42.5 Å². The number of hydrogen-bond donors (Lipinski definition) is 2. The number of methoxy groups -OCH3 is 1. The maximum absolute atomic E-state index is 12.2. The number of aliphatic carboxylic acids is 1. The predicted molar refractivity (Wildman–Crippen MR) is 116 cm³/mol. The van der Waals surface area contributed by atoms with Crippen LogP contribution in [0.2, 0.25) is 0 Å². The quantitative estimate of drug-likeness (QED) is 0.558. The van der Waals surface area contributed by atoms with Gasteiger partial charge in [0.1, 0.15) is 5.75 Å². The van der Waals surface area contributed by atoms with Gasteiger partial charge in [0.2, 0.25) is 11.9 Å². The molecule has 4 rings (SSSR count). The van der Waals surface area contributed by atoms with E-state index in [0.717, 1.165) is 23.3 Å². The van der Waals surface area contributed by atoms with Crippen molar-refractivity contribution in [3.63, 3.8) is 0 Å². The summed E-state index contributed by atoms with van der Waals surface area (Å²) in [6, 6.07) is 17.8. The Morgan fingerprint density at radius 1 is 1.12 bits per heavy atom. The number of aromatic nitrogens is 3. The summed E-state index contributed by atoms with van der Waals surface area (Å²) in [6.07, 6.45) is 0.830. The molecule has 1 amide bonds. The Bertz CT molecular complexity index is 1080. The van der Waals surface area contributed by atoms with Gasteiger partial charge in [0.05, 0.1) is 19.2 Å². The standard InChI is InChI=1S/C23H25N5O4/c1-32-17-12-10-16(11-13-17)19-14-18(15-6-3-2-4-7-15)24-23-26-22(27-28(19)23)25-20(29)8-5-9-21(30)31/h2-4,6-7,10-13,18-19H,5,8-9,14H2,1H3,(H,30,31)(H2,24,25,26,27,29)/p-1/t18-,19+/m0/s1. The molecule has 0 bridgehead atoms. The Morgan fingerprint density at radius 3 is 2.56 bits per heavy atom. The molecule has 2 heterocycles. The lowest BCUT2D eigenvalue weighted by Crippen LogP contribution is -2.28. The molecule has 1 aromatic heterocycles. The normalized spacial score (nSPS) is 17.2. The lowest BCUT2D eigenvalue weighted by atomic mass is 9.93. The molecule has 1 aliphatic heterocycles. The van der Waals surface area contributed by atoms with Gasteiger partial charge < -0.3 is 20.0 Å². The first-order chi connectivity index (χ1) is 15.5. The first-order valence-corrected chi connectivity index (χ1v) is 10.4. The highest BCUT2D eigenvalue weighted by Crippen LogP contribution is 2.38. The van der Waals surface area contributed by atoms with Gasteiger partial charge in [-0.3, -0.25) is 10.1 Å². The van der Waals surface area contributed by atoms with E-state index >= 15 is 0 Å². The summed E-state index contributed by atoms with van der Waals surface area (Å²) >= 11 is 0. The number of rotatable bonds is 8. The largest absolute Gasteiger partial charge is 0.550 e. The van der Waals surface area contributed by atoms with Gasteiger partial charge in [0.15, 0.2) is 0 Å². The van der Waals surface area contributed by atoms with Crippen LogP contribution in [-0.4, -0.2) is 33.8 Å². The number of carboxylic acids is 1. The van der Waals surface area contributed by atoms with Crippen molar-refractivity contribution < 1.29 is 19.4 Å². The summed E-state index contributed by atoms with van der Waals surface area (Å²) in [5.41, 5.74) is 2.18. The van der Waals surface area contributed by atoms with E-state index in [4.69, 9.17) is 4.74 Å². The van der Waals surface area contributed by atoms with Crippen molar-refractivity contribution in [2.45, 2.75) is 37.8 Å². The highest BCUT2D eigenvalue weighted by atomic mass is 16.5. The molecule has 0 radical (unpaired) electrons. The molecule has 0 aliphatic carbocycles. The van der Waals surface area contributed by atoms with Crippen molar-refractivity contribution in [3.05, 3.63) is 65.7 Å². The van der Waals surface area contributed by atoms with Gasteiger partial charge in [-0.25, -0.2) is 4.68 Å². The minimum Gasteiger partial charge on any atom is -0.550 e. The second kappa shape index (κ2) is 9.51. The van der Waals surface area contributed by atoms with Crippen LogP contribution in [0.3, 0.4) is 0 Å². The van der Waals surface area contributed by atoms with E-state index in [0.29, 0.717) is 5.95 Å². The topological polar surface area (TPSA) is 121 Å². The molecule has 1 aliphatic rings. The van der Waals surface area contributed by atoms with Crippen molar-refractivity contribution in [2.75, 3.05) is 17.7 Å². The number of carboxylic acid groups (broad SMARTS) is 1. The molecular weight excluding hydrogens is 410 g/mol. The SMILES string of the molecule is COc1ccc([C@H]2C[C@@H](c3ccccc3)Nc3nc(NC(=O)CCCC(=O)[O-])nn32)cc1. The van der Waals surface area contributed by atoms with Crippen LogP contribution in [0.1, 0.15) is 48.9 Å². The van der Waals surface area contributed by atoms with Gasteiger partial charge >= 0.3 is 0 Å². The van der Waals surface area contributed by atoms with Crippen LogP contribution in [0, 0.1) is 0 Å². The van der Waals surface area contributed by atoms with E-state index < -0.39 is 5.97 Å². The smallest absolute Gasteiger partial charge is 0.250 e. The number of benzene rings is 2. The highest BCUT2D eigenvalue weighted by Gasteiger charge is 2.31. The molecule has 2 N–H and O–H groups in total. The fourth-order valence-electron chi connectivity index (χ4n) is 3.82. The Morgan fingerprint density at radius 2 is 1.88 bits per heavy atom. The zero-order chi connectivity index (χ0) is 22.5. The summed E-state index contributed by atoms with van der Waals surface area (Å²) in [6.45, 7) is 0. The molecule has 0 saturated carbocycles. The molecule has 32 heavy (non-hydrogen) atoms. The fraction of sp³-hybridized carbons (Fsp3) is 0.304. The Balaban J connectivity index is 1.59.